The third kappa shape index (κ3) is 4.07. The molecule has 0 aliphatic carbocycles. The van der Waals surface area contributed by atoms with Crippen LogP contribution in [0, 0.1) is 4.77 Å². The first-order valence-electron chi connectivity index (χ1n) is 6.89. The number of likely N-dealkylation sites (N-methyl/N-ethyl adjacent to an activating group) is 1. The van der Waals surface area contributed by atoms with Crippen molar-refractivity contribution in [2.45, 2.75) is 0 Å². The Morgan fingerprint density at radius 3 is 2.78 bits per heavy atom. The van der Waals surface area contributed by atoms with Gasteiger partial charge in [-0.1, -0.05) is 23.7 Å². The summed E-state index contributed by atoms with van der Waals surface area (Å²) >= 11 is 11.3. The Balaban J connectivity index is 2.50. The number of nitrogens with one attached hydrogen (secondary N) is 1. The van der Waals surface area contributed by atoms with Gasteiger partial charge in [-0.15, -0.1) is 0 Å². The smallest absolute Gasteiger partial charge is 0.264 e. The zero-order valence-electron chi connectivity index (χ0n) is 12.8. The van der Waals surface area contributed by atoms with Crippen LogP contribution in [0.4, 0.5) is 0 Å². The van der Waals surface area contributed by atoms with Gasteiger partial charge in [-0.2, -0.15) is 0 Å². The topological polar surface area (TPSA) is 73.6 Å². The molecule has 0 atom stereocenters. The van der Waals surface area contributed by atoms with Crippen LogP contribution < -0.4 is 5.56 Å². The molecule has 0 spiro atoms. The van der Waals surface area contributed by atoms with Crippen molar-refractivity contribution in [2.75, 3.05) is 27.2 Å². The van der Waals surface area contributed by atoms with Gasteiger partial charge in [0.2, 0.25) is 5.88 Å². The Labute approximate surface area is 143 Å². The molecule has 0 amide bonds. The number of H-pyrrole nitrogens is 1. The van der Waals surface area contributed by atoms with Gasteiger partial charge in [0, 0.05) is 12.8 Å². The summed E-state index contributed by atoms with van der Waals surface area (Å²) in [7, 11) is 3.86. The molecule has 23 heavy (non-hydrogen) atoms. The van der Waals surface area contributed by atoms with E-state index in [0.29, 0.717) is 17.3 Å². The lowest BCUT2D eigenvalue weighted by Gasteiger charge is -2.12. The van der Waals surface area contributed by atoms with E-state index in [1.807, 2.05) is 19.0 Å². The highest BCUT2D eigenvalue weighted by Crippen LogP contribution is 2.24. The van der Waals surface area contributed by atoms with E-state index in [9.17, 15) is 9.90 Å². The predicted octanol–water partition coefficient (Wildman–Crippen LogP) is 2.23. The highest BCUT2D eigenvalue weighted by molar-refractivity contribution is 7.71. The predicted molar refractivity (Wildman–Crippen MR) is 94.9 cm³/mol. The van der Waals surface area contributed by atoms with Crippen LogP contribution in [0.25, 0.3) is 5.69 Å². The van der Waals surface area contributed by atoms with Crippen LogP contribution in [-0.4, -0.2) is 53.0 Å². The molecule has 2 N–H and O–H groups in total. The minimum Gasteiger partial charge on any atom is -0.494 e. The molecule has 1 aromatic carbocycles. The largest absolute Gasteiger partial charge is 0.494 e. The molecule has 0 fully saturated rings. The molecule has 0 saturated carbocycles. The molecule has 8 heteroatoms. The van der Waals surface area contributed by atoms with E-state index in [0.717, 1.165) is 6.54 Å². The molecule has 0 aliphatic rings. The molecule has 1 heterocycles. The summed E-state index contributed by atoms with van der Waals surface area (Å²) in [6.07, 6.45) is 1.35. The van der Waals surface area contributed by atoms with E-state index in [2.05, 4.69) is 9.98 Å². The number of benzene rings is 1. The Kier molecular flexibility index (Phi) is 5.70. The van der Waals surface area contributed by atoms with Gasteiger partial charge in [-0.25, -0.2) is 0 Å². The second-order valence-corrected chi connectivity index (χ2v) is 5.92. The number of aromatic hydroxyl groups is 1. The summed E-state index contributed by atoms with van der Waals surface area (Å²) in [5.41, 5.74) is 0.0255. The van der Waals surface area contributed by atoms with Crippen LogP contribution in [-0.2, 0) is 0 Å². The number of hydrogen-bond acceptors (Lipinski definition) is 5. The van der Waals surface area contributed by atoms with Crippen molar-refractivity contribution in [3.63, 3.8) is 0 Å². The Morgan fingerprint density at radius 1 is 1.43 bits per heavy atom. The molecule has 0 bridgehead atoms. The van der Waals surface area contributed by atoms with Crippen LogP contribution >= 0.6 is 23.8 Å². The maximum atomic E-state index is 12.0. The van der Waals surface area contributed by atoms with E-state index in [4.69, 9.17) is 23.8 Å². The average molecular weight is 353 g/mol. The van der Waals surface area contributed by atoms with Gasteiger partial charge < -0.3 is 10.0 Å². The number of halogens is 1. The monoisotopic (exact) mass is 352 g/mol. The first-order valence-corrected chi connectivity index (χ1v) is 7.68. The standard InChI is InChI=1S/C15H17ClN4O2S/c1-19(2)8-7-17-9-10-13(21)18-15(23)20(14(10)22)12-6-4-3-5-11(12)16/h3-6,9,22H,7-8H2,1-2H3,(H,18,21,23). The van der Waals surface area contributed by atoms with Gasteiger partial charge in [0.15, 0.2) is 4.77 Å². The fraction of sp³-hybridized carbons (Fsp3) is 0.267. The molecular formula is C15H17ClN4O2S. The van der Waals surface area contributed by atoms with Gasteiger partial charge in [-0.3, -0.25) is 19.3 Å². The van der Waals surface area contributed by atoms with Crippen molar-refractivity contribution in [3.05, 3.63) is 50.0 Å². The molecule has 0 aliphatic heterocycles. The van der Waals surface area contributed by atoms with Gasteiger partial charge in [0.05, 0.1) is 17.3 Å². The minimum atomic E-state index is -0.496. The zero-order valence-corrected chi connectivity index (χ0v) is 14.4. The highest BCUT2D eigenvalue weighted by atomic mass is 35.5. The fourth-order valence-corrected chi connectivity index (χ4v) is 2.42. The van der Waals surface area contributed by atoms with Gasteiger partial charge in [0.25, 0.3) is 5.56 Å². The third-order valence-corrected chi connectivity index (χ3v) is 3.72. The molecule has 0 saturated heterocycles. The number of aliphatic imine (C=N–C) groups is 1. The first kappa shape index (κ1) is 17.4. The van der Waals surface area contributed by atoms with Gasteiger partial charge in [-0.05, 0) is 38.4 Å². The van der Waals surface area contributed by atoms with Crippen molar-refractivity contribution in [2.24, 2.45) is 4.99 Å². The summed E-state index contributed by atoms with van der Waals surface area (Å²) < 4.78 is 1.37. The SMILES string of the molecule is CN(C)CCN=Cc1c(O)n(-c2ccccc2Cl)c(=S)[nH]c1=O. The van der Waals surface area contributed by atoms with Crippen LogP contribution in [0.3, 0.4) is 0 Å². The van der Waals surface area contributed by atoms with Gasteiger partial charge >= 0.3 is 0 Å². The van der Waals surface area contributed by atoms with E-state index >= 15 is 0 Å². The number of aromatic amines is 1. The molecule has 6 nitrogen and oxygen atoms in total. The quantitative estimate of drug-likeness (QED) is 0.639. The maximum Gasteiger partial charge on any atom is 0.264 e. The Hall–Kier alpha value is -1.96. The van der Waals surface area contributed by atoms with Crippen molar-refractivity contribution in [3.8, 4) is 11.6 Å². The molecule has 0 radical (unpaired) electrons. The van der Waals surface area contributed by atoms with Crippen molar-refractivity contribution < 1.29 is 5.11 Å². The average Bonchev–Trinajstić information content (AvgIpc) is 2.47. The number of hydrogen-bond donors (Lipinski definition) is 2. The number of rotatable bonds is 5. The molecule has 2 aromatic rings. The van der Waals surface area contributed by atoms with E-state index in [1.54, 1.807) is 24.3 Å². The highest BCUT2D eigenvalue weighted by Gasteiger charge is 2.14. The maximum absolute atomic E-state index is 12.0. The van der Waals surface area contributed by atoms with Crippen molar-refractivity contribution in [1.82, 2.24) is 14.5 Å². The van der Waals surface area contributed by atoms with Crippen LogP contribution in [0.1, 0.15) is 5.56 Å². The summed E-state index contributed by atoms with van der Waals surface area (Å²) in [4.78, 5) is 20.7. The van der Waals surface area contributed by atoms with E-state index in [1.165, 1.54) is 10.8 Å². The van der Waals surface area contributed by atoms with E-state index < -0.39 is 5.56 Å². The lowest BCUT2D eigenvalue weighted by molar-refractivity contribution is 0.420. The third-order valence-electron chi connectivity index (χ3n) is 3.11. The number of aromatic nitrogens is 2. The second-order valence-electron chi connectivity index (χ2n) is 5.12. The first-order chi connectivity index (χ1) is 10.9. The molecule has 122 valence electrons. The van der Waals surface area contributed by atoms with Crippen LogP contribution in [0.5, 0.6) is 5.88 Å². The Bertz CT molecular complexity index is 842. The molecule has 0 unspecified atom stereocenters. The fourth-order valence-electron chi connectivity index (χ4n) is 1.93. The lowest BCUT2D eigenvalue weighted by atomic mass is 10.3. The van der Waals surface area contributed by atoms with Crippen LogP contribution in [0.15, 0.2) is 34.1 Å². The molecule has 2 rings (SSSR count). The Morgan fingerprint density at radius 2 is 2.13 bits per heavy atom. The van der Waals surface area contributed by atoms with Crippen molar-refractivity contribution >= 4 is 30.0 Å². The summed E-state index contributed by atoms with van der Waals surface area (Å²) in [5, 5.41) is 10.9. The zero-order chi connectivity index (χ0) is 17.0. The van der Waals surface area contributed by atoms with Crippen molar-refractivity contribution in [1.29, 1.82) is 0 Å². The second kappa shape index (κ2) is 7.54. The number of nitrogens with zero attached hydrogens (tertiary/aromatic N) is 3. The summed E-state index contributed by atoms with van der Waals surface area (Å²) in [6.45, 7) is 1.24. The summed E-state index contributed by atoms with van der Waals surface area (Å²) in [6, 6.07) is 6.90. The lowest BCUT2D eigenvalue weighted by Crippen LogP contribution is -2.19. The molecular weight excluding hydrogens is 336 g/mol. The number of para-hydroxylation sites is 1. The van der Waals surface area contributed by atoms with E-state index in [-0.39, 0.29) is 16.2 Å². The molecule has 1 aromatic heterocycles. The minimum absolute atomic E-state index is 0.0391. The van der Waals surface area contributed by atoms with Gasteiger partial charge in [0.1, 0.15) is 5.56 Å². The van der Waals surface area contributed by atoms with Crippen LogP contribution in [0.2, 0.25) is 5.02 Å². The summed E-state index contributed by atoms with van der Waals surface area (Å²) in [5.74, 6) is -0.291. The normalized spacial score (nSPS) is 11.5.